The van der Waals surface area contributed by atoms with Gasteiger partial charge >= 0.3 is 0 Å². The summed E-state index contributed by atoms with van der Waals surface area (Å²) >= 11 is 1.78. The number of benzene rings is 8. The molecule has 0 N–H and O–H groups in total. The van der Waals surface area contributed by atoms with Crippen molar-refractivity contribution in [2.24, 2.45) is 0 Å². The highest BCUT2D eigenvalue weighted by Crippen LogP contribution is 2.46. The molecule has 1 heterocycles. The Morgan fingerprint density at radius 2 is 0.882 bits per heavy atom. The molecule has 9 aromatic rings. The fraction of sp³-hybridized carbons (Fsp3) is 0. The van der Waals surface area contributed by atoms with E-state index in [4.69, 9.17) is 0 Å². The van der Waals surface area contributed by atoms with E-state index >= 15 is 4.39 Å². The lowest BCUT2D eigenvalue weighted by atomic mass is 9.94. The van der Waals surface area contributed by atoms with Crippen molar-refractivity contribution in [3.05, 3.63) is 200 Å². The molecule has 0 aliphatic carbocycles. The van der Waals surface area contributed by atoms with Crippen molar-refractivity contribution >= 4 is 48.6 Å². The third-order valence-corrected chi connectivity index (χ3v) is 10.7. The van der Waals surface area contributed by atoms with E-state index in [1.54, 1.807) is 17.4 Å². The highest BCUT2D eigenvalue weighted by Gasteiger charge is 2.21. The maximum atomic E-state index is 16.6. The second-order valence-electron chi connectivity index (χ2n) is 12.6. The van der Waals surface area contributed by atoms with Crippen molar-refractivity contribution in [3.63, 3.8) is 0 Å². The van der Waals surface area contributed by atoms with Crippen LogP contribution in [0.1, 0.15) is 0 Å². The third-order valence-electron chi connectivity index (χ3n) is 9.58. The van der Waals surface area contributed by atoms with Crippen LogP contribution in [-0.2, 0) is 0 Å². The largest absolute Gasteiger partial charge is 0.310 e. The molecule has 0 unspecified atom stereocenters. The molecular formula is C48H32FNS. The lowest BCUT2D eigenvalue weighted by Crippen LogP contribution is -2.11. The Kier molecular flexibility index (Phi) is 7.96. The minimum atomic E-state index is -0.267. The predicted molar refractivity (Wildman–Crippen MR) is 216 cm³/mol. The van der Waals surface area contributed by atoms with Gasteiger partial charge in [-0.05, 0) is 87.5 Å². The zero-order chi connectivity index (χ0) is 34.1. The molecule has 1 nitrogen and oxygen atoms in total. The molecule has 9 rings (SSSR count). The molecular weight excluding hydrogens is 642 g/mol. The van der Waals surface area contributed by atoms with Gasteiger partial charge in [-0.2, -0.15) is 0 Å². The molecule has 0 bridgehead atoms. The summed E-state index contributed by atoms with van der Waals surface area (Å²) in [6.07, 6.45) is 0. The lowest BCUT2D eigenvalue weighted by molar-refractivity contribution is 0.631. The smallest absolute Gasteiger partial charge is 0.133 e. The fourth-order valence-corrected chi connectivity index (χ4v) is 8.34. The first-order valence-corrected chi connectivity index (χ1v) is 17.9. The van der Waals surface area contributed by atoms with Crippen LogP contribution in [0.2, 0.25) is 0 Å². The van der Waals surface area contributed by atoms with Gasteiger partial charge in [-0.1, -0.05) is 146 Å². The molecule has 0 spiro atoms. The Hall–Kier alpha value is -6.29. The van der Waals surface area contributed by atoms with Gasteiger partial charge in [0.25, 0.3) is 0 Å². The normalized spacial score (nSPS) is 11.2. The Labute approximate surface area is 301 Å². The molecule has 1 aromatic heterocycles. The van der Waals surface area contributed by atoms with E-state index in [1.165, 1.54) is 31.5 Å². The second kappa shape index (κ2) is 13.2. The van der Waals surface area contributed by atoms with Gasteiger partial charge in [-0.25, -0.2) is 4.39 Å². The van der Waals surface area contributed by atoms with Crippen LogP contribution in [-0.4, -0.2) is 0 Å². The standard InChI is InChI=1S/C48H32FNS/c49-44-32-37(30-31-42(44)41-21-10-9-20-40(41)34-16-5-2-6-17-34)50(45-23-13-25-47-48(45)43-22-11-12-24-46(43)51-47)36-28-26-35(27-29-36)39-19-8-7-18-38(39)33-14-3-1-4-15-33/h1-32H. The summed E-state index contributed by atoms with van der Waals surface area (Å²) in [4.78, 5) is 2.20. The second-order valence-corrected chi connectivity index (χ2v) is 13.7. The summed E-state index contributed by atoms with van der Waals surface area (Å²) in [6, 6.07) is 66.5. The van der Waals surface area contributed by atoms with Gasteiger partial charge in [-0.3, -0.25) is 0 Å². The van der Waals surface area contributed by atoms with Gasteiger partial charge in [0.05, 0.1) is 5.69 Å². The van der Waals surface area contributed by atoms with Crippen LogP contribution in [0.3, 0.4) is 0 Å². The number of fused-ring (bicyclic) bond motifs is 3. The molecule has 0 fully saturated rings. The van der Waals surface area contributed by atoms with E-state index in [0.29, 0.717) is 5.56 Å². The monoisotopic (exact) mass is 673 g/mol. The highest BCUT2D eigenvalue weighted by atomic mass is 32.1. The number of halogens is 1. The minimum Gasteiger partial charge on any atom is -0.310 e. The van der Waals surface area contributed by atoms with E-state index < -0.39 is 0 Å². The number of anilines is 3. The van der Waals surface area contributed by atoms with Crippen LogP contribution >= 0.6 is 11.3 Å². The highest BCUT2D eigenvalue weighted by molar-refractivity contribution is 7.26. The van der Waals surface area contributed by atoms with Crippen molar-refractivity contribution in [3.8, 4) is 44.5 Å². The first-order valence-electron chi connectivity index (χ1n) is 17.1. The van der Waals surface area contributed by atoms with Crippen LogP contribution < -0.4 is 4.90 Å². The number of hydrogen-bond acceptors (Lipinski definition) is 2. The molecule has 0 saturated heterocycles. The summed E-state index contributed by atoms with van der Waals surface area (Å²) in [5.41, 5.74) is 10.9. The molecule has 0 amide bonds. The van der Waals surface area contributed by atoms with Crippen molar-refractivity contribution in [2.75, 3.05) is 4.90 Å². The molecule has 8 aromatic carbocycles. The van der Waals surface area contributed by atoms with E-state index in [1.807, 2.05) is 54.6 Å². The van der Waals surface area contributed by atoms with E-state index in [9.17, 15) is 0 Å². The number of rotatable bonds is 7. The average Bonchev–Trinajstić information content (AvgIpc) is 3.59. The minimum absolute atomic E-state index is 0.267. The van der Waals surface area contributed by atoms with Crippen molar-refractivity contribution in [2.45, 2.75) is 0 Å². The average molecular weight is 674 g/mol. The molecule has 0 saturated carbocycles. The Balaban J connectivity index is 1.20. The van der Waals surface area contributed by atoms with Crippen molar-refractivity contribution in [1.82, 2.24) is 0 Å². The van der Waals surface area contributed by atoms with Gasteiger partial charge in [0, 0.05) is 37.1 Å². The van der Waals surface area contributed by atoms with Crippen LogP contribution in [0.4, 0.5) is 21.5 Å². The topological polar surface area (TPSA) is 3.24 Å². The molecule has 242 valence electrons. The quantitative estimate of drug-likeness (QED) is 0.163. The van der Waals surface area contributed by atoms with Crippen LogP contribution in [0.15, 0.2) is 194 Å². The van der Waals surface area contributed by atoms with Crippen LogP contribution in [0.25, 0.3) is 64.7 Å². The van der Waals surface area contributed by atoms with Crippen LogP contribution in [0, 0.1) is 5.82 Å². The SMILES string of the molecule is Fc1cc(N(c2ccc(-c3ccccc3-c3ccccc3)cc2)c2cccc3sc4ccccc4c23)ccc1-c1ccccc1-c1ccccc1. The lowest BCUT2D eigenvalue weighted by Gasteiger charge is -2.27. The van der Waals surface area contributed by atoms with E-state index in [-0.39, 0.29) is 5.82 Å². The summed E-state index contributed by atoms with van der Waals surface area (Å²) in [6.45, 7) is 0. The maximum Gasteiger partial charge on any atom is 0.133 e. The van der Waals surface area contributed by atoms with Gasteiger partial charge in [-0.15, -0.1) is 11.3 Å². The predicted octanol–water partition coefficient (Wildman–Crippen LogP) is 14.3. The Morgan fingerprint density at radius 1 is 0.373 bits per heavy atom. The molecule has 0 aliphatic heterocycles. The third kappa shape index (κ3) is 5.68. The van der Waals surface area contributed by atoms with Gasteiger partial charge in [0.2, 0.25) is 0 Å². The molecule has 0 radical (unpaired) electrons. The summed E-state index contributed by atoms with van der Waals surface area (Å²) in [7, 11) is 0. The first kappa shape index (κ1) is 30.7. The zero-order valence-corrected chi connectivity index (χ0v) is 28.5. The van der Waals surface area contributed by atoms with Crippen molar-refractivity contribution in [1.29, 1.82) is 0 Å². The van der Waals surface area contributed by atoms with Crippen molar-refractivity contribution < 1.29 is 4.39 Å². The fourth-order valence-electron chi connectivity index (χ4n) is 7.21. The summed E-state index contributed by atoms with van der Waals surface area (Å²) in [5.74, 6) is -0.267. The number of thiophene rings is 1. The maximum absolute atomic E-state index is 16.6. The van der Waals surface area contributed by atoms with Crippen LogP contribution in [0.5, 0.6) is 0 Å². The number of nitrogens with zero attached hydrogens (tertiary/aromatic N) is 1. The number of hydrogen-bond donors (Lipinski definition) is 0. The molecule has 51 heavy (non-hydrogen) atoms. The molecule has 0 aliphatic rings. The molecule has 3 heteroatoms. The summed E-state index contributed by atoms with van der Waals surface area (Å²) in [5, 5.41) is 2.36. The molecule has 0 atom stereocenters. The van der Waals surface area contributed by atoms with E-state index in [0.717, 1.165) is 44.7 Å². The van der Waals surface area contributed by atoms with Gasteiger partial charge in [0.15, 0.2) is 0 Å². The Morgan fingerprint density at radius 3 is 1.53 bits per heavy atom. The van der Waals surface area contributed by atoms with E-state index in [2.05, 4.69) is 138 Å². The van der Waals surface area contributed by atoms with Gasteiger partial charge in [0.1, 0.15) is 5.82 Å². The first-order chi connectivity index (χ1) is 25.2. The zero-order valence-electron chi connectivity index (χ0n) is 27.7. The Bertz CT molecular complexity index is 2640. The summed E-state index contributed by atoms with van der Waals surface area (Å²) < 4.78 is 19.0. The van der Waals surface area contributed by atoms with Gasteiger partial charge < -0.3 is 4.90 Å².